The molecule has 0 aliphatic carbocycles. The topological polar surface area (TPSA) is 9.23 Å². The Morgan fingerprint density at radius 2 is 1.45 bits per heavy atom. The molecule has 0 saturated heterocycles. The fraction of sp³-hybridized carbons (Fsp3) is 0.263. The second-order valence-corrected chi connectivity index (χ2v) is 5.31. The Morgan fingerprint density at radius 3 is 2.05 bits per heavy atom. The van der Waals surface area contributed by atoms with Gasteiger partial charge in [-0.15, -0.1) is 0 Å². The van der Waals surface area contributed by atoms with Crippen LogP contribution in [0.3, 0.4) is 0 Å². The van der Waals surface area contributed by atoms with E-state index in [1.165, 1.54) is 22.3 Å². The lowest BCUT2D eigenvalue weighted by molar-refractivity contribution is 0.322. The minimum absolute atomic E-state index is 0.719. The highest BCUT2D eigenvalue weighted by Crippen LogP contribution is 2.14. The highest BCUT2D eigenvalue weighted by Gasteiger charge is 1.96. The molecule has 0 saturated carbocycles. The van der Waals surface area contributed by atoms with Crippen LogP contribution < -0.4 is 4.74 Å². The van der Waals surface area contributed by atoms with Gasteiger partial charge in [0.2, 0.25) is 0 Å². The smallest absolute Gasteiger partial charge is 0.119 e. The average Bonchev–Trinajstić information content (AvgIpc) is 2.44. The van der Waals surface area contributed by atoms with Crippen LogP contribution in [-0.4, -0.2) is 6.61 Å². The van der Waals surface area contributed by atoms with E-state index in [4.69, 9.17) is 4.74 Å². The molecule has 0 aliphatic rings. The zero-order valence-corrected chi connectivity index (χ0v) is 12.5. The summed E-state index contributed by atoms with van der Waals surface area (Å²) in [5, 5.41) is 0. The molecule has 0 heterocycles. The molecule has 1 heteroatoms. The molecule has 0 atom stereocenters. The number of benzene rings is 2. The fourth-order valence-electron chi connectivity index (χ4n) is 1.98. The molecule has 0 aromatic heterocycles. The van der Waals surface area contributed by atoms with Gasteiger partial charge in [-0.25, -0.2) is 0 Å². The van der Waals surface area contributed by atoms with Gasteiger partial charge in [0, 0.05) is 6.42 Å². The first-order valence-electron chi connectivity index (χ1n) is 7.07. The van der Waals surface area contributed by atoms with Crippen molar-refractivity contribution in [3.8, 4) is 5.75 Å². The Kier molecular flexibility index (Phi) is 5.00. The Morgan fingerprint density at radius 1 is 0.900 bits per heavy atom. The SMILES string of the molecule is C/C(=C\c1ccc(C)cc1)CCOc1ccc(C)cc1. The van der Waals surface area contributed by atoms with Gasteiger partial charge in [-0.1, -0.05) is 59.2 Å². The average molecular weight is 266 g/mol. The van der Waals surface area contributed by atoms with Crippen LogP contribution in [0.25, 0.3) is 6.08 Å². The van der Waals surface area contributed by atoms with Gasteiger partial charge in [0.05, 0.1) is 6.61 Å². The molecule has 0 fully saturated rings. The van der Waals surface area contributed by atoms with E-state index in [9.17, 15) is 0 Å². The Balaban J connectivity index is 1.84. The highest BCUT2D eigenvalue weighted by atomic mass is 16.5. The lowest BCUT2D eigenvalue weighted by Gasteiger charge is -2.07. The lowest BCUT2D eigenvalue weighted by Crippen LogP contribution is -1.97. The predicted octanol–water partition coefficient (Wildman–Crippen LogP) is 5.18. The van der Waals surface area contributed by atoms with E-state index in [-0.39, 0.29) is 0 Å². The van der Waals surface area contributed by atoms with Crippen LogP contribution in [0, 0.1) is 13.8 Å². The minimum Gasteiger partial charge on any atom is -0.493 e. The third kappa shape index (κ3) is 4.58. The van der Waals surface area contributed by atoms with Gasteiger partial charge in [-0.05, 0) is 38.5 Å². The van der Waals surface area contributed by atoms with Crippen LogP contribution >= 0.6 is 0 Å². The van der Waals surface area contributed by atoms with Crippen molar-refractivity contribution in [1.82, 2.24) is 0 Å². The number of hydrogen-bond donors (Lipinski definition) is 0. The van der Waals surface area contributed by atoms with Crippen LogP contribution in [-0.2, 0) is 0 Å². The molecular formula is C19H22O. The zero-order valence-electron chi connectivity index (χ0n) is 12.5. The van der Waals surface area contributed by atoms with Crippen LogP contribution in [0.2, 0.25) is 0 Å². The second kappa shape index (κ2) is 6.95. The molecule has 0 radical (unpaired) electrons. The van der Waals surface area contributed by atoms with Crippen molar-refractivity contribution in [2.75, 3.05) is 6.61 Å². The normalized spacial score (nSPS) is 11.4. The first-order chi connectivity index (χ1) is 9.63. The van der Waals surface area contributed by atoms with Crippen molar-refractivity contribution in [3.05, 3.63) is 70.8 Å². The third-order valence-electron chi connectivity index (χ3n) is 3.28. The molecule has 0 unspecified atom stereocenters. The maximum atomic E-state index is 5.75. The van der Waals surface area contributed by atoms with Gasteiger partial charge in [0.25, 0.3) is 0 Å². The summed E-state index contributed by atoms with van der Waals surface area (Å²) in [5.74, 6) is 0.943. The van der Waals surface area contributed by atoms with Crippen molar-refractivity contribution >= 4 is 6.08 Å². The Labute approximate surface area is 121 Å². The second-order valence-electron chi connectivity index (χ2n) is 5.31. The quantitative estimate of drug-likeness (QED) is 0.725. The van der Waals surface area contributed by atoms with Crippen LogP contribution in [0.1, 0.15) is 30.0 Å². The molecule has 1 nitrogen and oxygen atoms in total. The minimum atomic E-state index is 0.719. The molecule has 0 aliphatic heterocycles. The predicted molar refractivity (Wildman–Crippen MR) is 86.1 cm³/mol. The zero-order chi connectivity index (χ0) is 14.4. The van der Waals surface area contributed by atoms with E-state index < -0.39 is 0 Å². The third-order valence-corrected chi connectivity index (χ3v) is 3.28. The molecule has 20 heavy (non-hydrogen) atoms. The van der Waals surface area contributed by atoms with Gasteiger partial charge >= 0.3 is 0 Å². The van der Waals surface area contributed by atoms with Crippen molar-refractivity contribution in [2.45, 2.75) is 27.2 Å². The first kappa shape index (κ1) is 14.4. The van der Waals surface area contributed by atoms with Crippen LogP contribution in [0.15, 0.2) is 54.1 Å². The maximum Gasteiger partial charge on any atom is 0.119 e. The van der Waals surface area contributed by atoms with Crippen molar-refractivity contribution in [3.63, 3.8) is 0 Å². The molecule has 0 bridgehead atoms. The van der Waals surface area contributed by atoms with E-state index in [2.05, 4.69) is 63.2 Å². The van der Waals surface area contributed by atoms with E-state index >= 15 is 0 Å². The summed E-state index contributed by atoms with van der Waals surface area (Å²) in [6.45, 7) is 7.06. The Hall–Kier alpha value is -2.02. The molecule has 104 valence electrons. The molecule has 0 spiro atoms. The van der Waals surface area contributed by atoms with Gasteiger partial charge in [-0.3, -0.25) is 0 Å². The molecule has 0 N–H and O–H groups in total. The molecule has 2 rings (SSSR count). The lowest BCUT2D eigenvalue weighted by atomic mass is 10.1. The van der Waals surface area contributed by atoms with E-state index in [1.54, 1.807) is 0 Å². The molecule has 2 aromatic carbocycles. The summed E-state index contributed by atoms with van der Waals surface area (Å²) in [7, 11) is 0. The summed E-state index contributed by atoms with van der Waals surface area (Å²) >= 11 is 0. The highest BCUT2D eigenvalue weighted by molar-refractivity contribution is 5.52. The summed E-state index contributed by atoms with van der Waals surface area (Å²) < 4.78 is 5.75. The van der Waals surface area contributed by atoms with Gasteiger partial charge in [0.1, 0.15) is 5.75 Å². The van der Waals surface area contributed by atoms with Crippen LogP contribution in [0.4, 0.5) is 0 Å². The van der Waals surface area contributed by atoms with E-state index in [0.717, 1.165) is 18.8 Å². The molecular weight excluding hydrogens is 244 g/mol. The first-order valence-corrected chi connectivity index (χ1v) is 7.07. The molecule has 0 amide bonds. The van der Waals surface area contributed by atoms with Crippen LogP contribution in [0.5, 0.6) is 5.75 Å². The fourth-order valence-corrected chi connectivity index (χ4v) is 1.98. The van der Waals surface area contributed by atoms with Crippen molar-refractivity contribution < 1.29 is 4.74 Å². The number of ether oxygens (including phenoxy) is 1. The Bertz CT molecular complexity index is 562. The van der Waals surface area contributed by atoms with Crippen molar-refractivity contribution in [1.29, 1.82) is 0 Å². The molecule has 2 aromatic rings. The maximum absolute atomic E-state index is 5.75. The number of aryl methyl sites for hydroxylation is 2. The van der Waals surface area contributed by atoms with Gasteiger partial charge < -0.3 is 4.74 Å². The van der Waals surface area contributed by atoms with E-state index in [0.29, 0.717) is 0 Å². The summed E-state index contributed by atoms with van der Waals surface area (Å²) in [6.07, 6.45) is 3.17. The number of rotatable bonds is 5. The van der Waals surface area contributed by atoms with Gasteiger partial charge in [0.15, 0.2) is 0 Å². The van der Waals surface area contributed by atoms with Crippen molar-refractivity contribution in [2.24, 2.45) is 0 Å². The standard InChI is InChI=1S/C19H22O/c1-15-4-8-18(9-5-15)14-17(3)12-13-20-19-10-6-16(2)7-11-19/h4-11,14H,12-13H2,1-3H3/b17-14+. The monoisotopic (exact) mass is 266 g/mol. The summed E-state index contributed by atoms with van der Waals surface area (Å²) in [6, 6.07) is 16.8. The summed E-state index contributed by atoms with van der Waals surface area (Å²) in [5.41, 5.74) is 5.14. The van der Waals surface area contributed by atoms with Gasteiger partial charge in [-0.2, -0.15) is 0 Å². The number of hydrogen-bond acceptors (Lipinski definition) is 1. The van der Waals surface area contributed by atoms with E-state index in [1.807, 2.05) is 12.1 Å². The summed E-state index contributed by atoms with van der Waals surface area (Å²) in [4.78, 5) is 0. The largest absolute Gasteiger partial charge is 0.493 e.